The molecule has 0 saturated carbocycles. The lowest BCUT2D eigenvalue weighted by atomic mass is 10.3. The van der Waals surface area contributed by atoms with E-state index in [9.17, 15) is 9.18 Å². The van der Waals surface area contributed by atoms with Crippen molar-refractivity contribution in [3.8, 4) is 0 Å². The number of rotatable bonds is 2. The van der Waals surface area contributed by atoms with Crippen molar-refractivity contribution >= 4 is 22.7 Å². The highest BCUT2D eigenvalue weighted by molar-refractivity contribution is 5.84. The Morgan fingerprint density at radius 3 is 2.78 bits per heavy atom. The normalized spacial score (nSPS) is 10.7. The van der Waals surface area contributed by atoms with Gasteiger partial charge in [-0.2, -0.15) is 4.98 Å². The average molecular weight is 245 g/mol. The molecule has 0 aliphatic carbocycles. The van der Waals surface area contributed by atoms with Gasteiger partial charge in [-0.25, -0.2) is 14.2 Å². The molecule has 0 fully saturated rings. The molecular weight excluding hydrogens is 237 g/mol. The van der Waals surface area contributed by atoms with Gasteiger partial charge in [-0.1, -0.05) is 0 Å². The van der Waals surface area contributed by atoms with Gasteiger partial charge in [0.15, 0.2) is 5.65 Å². The molecule has 0 radical (unpaired) electrons. The monoisotopic (exact) mass is 245 g/mol. The number of H-pyrrole nitrogens is 2. The Morgan fingerprint density at radius 2 is 2.00 bits per heavy atom. The van der Waals surface area contributed by atoms with Crippen molar-refractivity contribution in [2.24, 2.45) is 0 Å². The largest absolute Gasteiger partial charge is 0.348 e. The molecule has 0 aliphatic heterocycles. The minimum atomic E-state index is -0.501. The summed E-state index contributed by atoms with van der Waals surface area (Å²) in [7, 11) is 0. The predicted molar refractivity (Wildman–Crippen MR) is 64.2 cm³/mol. The number of hydrogen-bond donors (Lipinski definition) is 3. The van der Waals surface area contributed by atoms with Gasteiger partial charge in [0, 0.05) is 5.69 Å². The van der Waals surface area contributed by atoms with E-state index in [1.54, 1.807) is 12.1 Å². The number of aromatic amines is 2. The van der Waals surface area contributed by atoms with E-state index in [2.05, 4.69) is 25.3 Å². The fourth-order valence-electron chi connectivity index (χ4n) is 1.62. The summed E-state index contributed by atoms with van der Waals surface area (Å²) in [6.45, 7) is 0. The molecule has 3 N–H and O–H groups in total. The van der Waals surface area contributed by atoms with Crippen LogP contribution in [0.3, 0.4) is 0 Å². The molecule has 2 aromatic heterocycles. The fraction of sp³-hybridized carbons (Fsp3) is 0. The van der Waals surface area contributed by atoms with E-state index in [0.717, 1.165) is 0 Å². The van der Waals surface area contributed by atoms with Crippen molar-refractivity contribution in [1.29, 1.82) is 0 Å². The maximum atomic E-state index is 12.8. The first-order chi connectivity index (χ1) is 8.72. The Kier molecular flexibility index (Phi) is 2.30. The molecule has 18 heavy (non-hydrogen) atoms. The van der Waals surface area contributed by atoms with Crippen molar-refractivity contribution in [3.63, 3.8) is 0 Å². The zero-order chi connectivity index (χ0) is 12.5. The van der Waals surface area contributed by atoms with Crippen LogP contribution < -0.4 is 11.0 Å². The molecule has 7 heteroatoms. The van der Waals surface area contributed by atoms with Crippen molar-refractivity contribution in [1.82, 2.24) is 19.9 Å². The second-order valence-corrected chi connectivity index (χ2v) is 3.65. The van der Waals surface area contributed by atoms with Gasteiger partial charge < -0.3 is 10.3 Å². The quantitative estimate of drug-likeness (QED) is 0.639. The van der Waals surface area contributed by atoms with Crippen LogP contribution in [0.4, 0.5) is 15.9 Å². The van der Waals surface area contributed by atoms with Crippen LogP contribution in [0.25, 0.3) is 11.2 Å². The Bertz CT molecular complexity index is 746. The number of nitrogens with zero attached hydrogens (tertiary/aromatic N) is 2. The lowest BCUT2D eigenvalue weighted by Gasteiger charge is -2.06. The minimum absolute atomic E-state index is 0.323. The number of benzene rings is 1. The third-order valence-corrected chi connectivity index (χ3v) is 2.42. The Morgan fingerprint density at radius 1 is 1.22 bits per heavy atom. The number of aromatic nitrogens is 4. The van der Waals surface area contributed by atoms with Gasteiger partial charge in [-0.05, 0) is 24.3 Å². The lowest BCUT2D eigenvalue weighted by molar-refractivity contribution is 0.628. The van der Waals surface area contributed by atoms with Crippen LogP contribution in [-0.4, -0.2) is 19.9 Å². The van der Waals surface area contributed by atoms with Gasteiger partial charge in [0.05, 0.1) is 6.33 Å². The first kappa shape index (κ1) is 10.5. The van der Waals surface area contributed by atoms with Crippen molar-refractivity contribution in [3.05, 3.63) is 46.9 Å². The molecule has 3 rings (SSSR count). The highest BCUT2D eigenvalue weighted by atomic mass is 19.1. The molecule has 1 aromatic carbocycles. The first-order valence-corrected chi connectivity index (χ1v) is 5.18. The molecule has 0 bridgehead atoms. The van der Waals surface area contributed by atoms with Crippen LogP contribution in [0.5, 0.6) is 0 Å². The average Bonchev–Trinajstić information content (AvgIpc) is 2.80. The lowest BCUT2D eigenvalue weighted by Crippen LogP contribution is -2.12. The van der Waals surface area contributed by atoms with E-state index in [1.807, 2.05) is 0 Å². The molecule has 6 nitrogen and oxygen atoms in total. The van der Waals surface area contributed by atoms with E-state index < -0.39 is 5.69 Å². The third kappa shape index (κ3) is 1.81. The van der Waals surface area contributed by atoms with E-state index in [-0.39, 0.29) is 5.82 Å². The molecule has 0 aliphatic rings. The second kappa shape index (κ2) is 3.95. The maximum Gasteiger partial charge on any atom is 0.348 e. The number of anilines is 2. The third-order valence-electron chi connectivity index (χ3n) is 2.42. The van der Waals surface area contributed by atoms with Crippen molar-refractivity contribution in [2.75, 3.05) is 5.32 Å². The summed E-state index contributed by atoms with van der Waals surface area (Å²) in [5.74, 6) is 0.115. The van der Waals surface area contributed by atoms with Gasteiger partial charge in [-0.15, -0.1) is 0 Å². The standard InChI is InChI=1S/C11H8FN5O/c12-6-1-3-7(4-2-6)15-10-8-9(14-5-13-8)16-11(18)17-10/h1-5H,(H3,13,14,15,16,17,18). The van der Waals surface area contributed by atoms with E-state index in [1.165, 1.54) is 18.5 Å². The van der Waals surface area contributed by atoms with E-state index in [0.29, 0.717) is 22.7 Å². The van der Waals surface area contributed by atoms with Gasteiger partial charge in [-0.3, -0.25) is 4.98 Å². The second-order valence-electron chi connectivity index (χ2n) is 3.65. The van der Waals surface area contributed by atoms with Gasteiger partial charge in [0.25, 0.3) is 0 Å². The molecule has 3 aromatic rings. The summed E-state index contributed by atoms with van der Waals surface area (Å²) in [6.07, 6.45) is 1.45. The predicted octanol–water partition coefficient (Wildman–Crippen LogP) is 1.53. The van der Waals surface area contributed by atoms with Crippen LogP contribution in [0, 0.1) is 5.82 Å². The van der Waals surface area contributed by atoms with Crippen LogP contribution in [0.15, 0.2) is 35.4 Å². The summed E-state index contributed by atoms with van der Waals surface area (Å²) in [6, 6.07) is 5.78. The topological polar surface area (TPSA) is 86.5 Å². The molecule has 0 saturated heterocycles. The summed E-state index contributed by atoms with van der Waals surface area (Å²) in [5, 5.41) is 2.97. The summed E-state index contributed by atoms with van der Waals surface area (Å²) in [5.41, 5.74) is 1.05. The van der Waals surface area contributed by atoms with E-state index >= 15 is 0 Å². The Hall–Kier alpha value is -2.70. The molecular formula is C11H8FN5O. The van der Waals surface area contributed by atoms with Crippen LogP contribution in [0.1, 0.15) is 0 Å². The molecule has 2 heterocycles. The molecule has 90 valence electrons. The molecule has 0 spiro atoms. The Labute approximate surface area is 99.9 Å². The van der Waals surface area contributed by atoms with E-state index in [4.69, 9.17) is 0 Å². The zero-order valence-corrected chi connectivity index (χ0v) is 9.07. The number of fused-ring (bicyclic) bond motifs is 1. The maximum absolute atomic E-state index is 12.8. The first-order valence-electron chi connectivity index (χ1n) is 5.18. The van der Waals surface area contributed by atoms with Crippen LogP contribution >= 0.6 is 0 Å². The molecule has 0 atom stereocenters. The van der Waals surface area contributed by atoms with Crippen molar-refractivity contribution in [2.45, 2.75) is 0 Å². The van der Waals surface area contributed by atoms with Crippen molar-refractivity contribution < 1.29 is 4.39 Å². The summed E-state index contributed by atoms with van der Waals surface area (Å²) >= 11 is 0. The molecule has 0 amide bonds. The number of hydrogen-bond acceptors (Lipinski definition) is 4. The Balaban J connectivity index is 2.06. The van der Waals surface area contributed by atoms with Crippen LogP contribution in [0.2, 0.25) is 0 Å². The summed E-state index contributed by atoms with van der Waals surface area (Å²) < 4.78 is 12.8. The van der Waals surface area contributed by atoms with Gasteiger partial charge >= 0.3 is 5.69 Å². The van der Waals surface area contributed by atoms with Gasteiger partial charge in [0.2, 0.25) is 0 Å². The smallest absolute Gasteiger partial charge is 0.340 e. The van der Waals surface area contributed by atoms with Crippen LogP contribution in [-0.2, 0) is 0 Å². The summed E-state index contributed by atoms with van der Waals surface area (Å²) in [4.78, 5) is 24.4. The SMILES string of the molecule is O=c1nc2nc[nH]c2c(Nc2ccc(F)cc2)[nH]1. The fourth-order valence-corrected chi connectivity index (χ4v) is 1.62. The number of imidazole rings is 1. The minimum Gasteiger partial charge on any atom is -0.340 e. The highest BCUT2D eigenvalue weighted by Crippen LogP contribution is 2.19. The number of nitrogens with one attached hydrogen (secondary N) is 3. The van der Waals surface area contributed by atoms with Gasteiger partial charge in [0.1, 0.15) is 17.2 Å². The number of halogens is 1. The molecule has 0 unspecified atom stereocenters. The highest BCUT2D eigenvalue weighted by Gasteiger charge is 2.07. The zero-order valence-electron chi connectivity index (χ0n) is 9.07.